The average Bonchev–Trinajstić information content (AvgIpc) is 3.69. The van der Waals surface area contributed by atoms with Gasteiger partial charge in [-0.15, -0.1) is 0 Å². The Hall–Kier alpha value is -5.87. The molecular weight excluding hydrogens is 599 g/mol. The van der Waals surface area contributed by atoms with Crippen molar-refractivity contribution in [1.29, 1.82) is 0 Å². The van der Waals surface area contributed by atoms with Gasteiger partial charge in [0.1, 0.15) is 11.2 Å². The maximum Gasteiger partial charge on any atom is 0.164 e. The van der Waals surface area contributed by atoms with Crippen LogP contribution in [0.1, 0.15) is 43.2 Å². The van der Waals surface area contributed by atoms with E-state index in [1.807, 2.05) is 48.5 Å². The smallest absolute Gasteiger partial charge is 0.164 e. The van der Waals surface area contributed by atoms with Crippen molar-refractivity contribution in [3.05, 3.63) is 151 Å². The summed E-state index contributed by atoms with van der Waals surface area (Å²) in [5.74, 6) is 1.92. The lowest BCUT2D eigenvalue weighted by molar-refractivity contribution is 0.353. The van der Waals surface area contributed by atoms with Gasteiger partial charge in [-0.05, 0) is 70.5 Å². The van der Waals surface area contributed by atoms with Gasteiger partial charge in [-0.3, -0.25) is 0 Å². The molecule has 234 valence electrons. The first-order valence-electron chi connectivity index (χ1n) is 17.3. The quantitative estimate of drug-likeness (QED) is 0.194. The Bertz CT molecular complexity index is 2540. The highest BCUT2D eigenvalue weighted by molar-refractivity contribution is 6.11. The number of rotatable bonds is 4. The molecule has 0 aliphatic heterocycles. The SMILES string of the molecule is c1ccc(-c2nc(-c3cccc(-c4ccc5c(c4)C4(CCCCC4)c4ccccc4-5)c3)nc(-c3cccc4oc5ccccc5c34)n2)cc1. The van der Waals surface area contributed by atoms with Crippen LogP contribution in [-0.4, -0.2) is 15.0 Å². The van der Waals surface area contributed by atoms with E-state index in [1.54, 1.807) is 0 Å². The second kappa shape index (κ2) is 11.1. The van der Waals surface area contributed by atoms with Crippen molar-refractivity contribution >= 4 is 21.9 Å². The fourth-order valence-electron chi connectivity index (χ4n) is 8.47. The molecule has 0 amide bonds. The van der Waals surface area contributed by atoms with Crippen LogP contribution in [0.5, 0.6) is 0 Å². The number of aromatic nitrogens is 3. The number of nitrogens with zero attached hydrogens (tertiary/aromatic N) is 3. The minimum Gasteiger partial charge on any atom is -0.456 e. The van der Waals surface area contributed by atoms with E-state index < -0.39 is 0 Å². The molecule has 0 N–H and O–H groups in total. The zero-order valence-corrected chi connectivity index (χ0v) is 27.1. The molecule has 4 nitrogen and oxygen atoms in total. The lowest BCUT2D eigenvalue weighted by Crippen LogP contribution is -2.28. The summed E-state index contributed by atoms with van der Waals surface area (Å²) in [6, 6.07) is 49.3. The maximum absolute atomic E-state index is 6.23. The Morgan fingerprint density at radius 2 is 1.06 bits per heavy atom. The van der Waals surface area contributed by atoms with Crippen molar-refractivity contribution in [3.63, 3.8) is 0 Å². The predicted molar refractivity (Wildman–Crippen MR) is 198 cm³/mol. The van der Waals surface area contributed by atoms with E-state index in [4.69, 9.17) is 19.4 Å². The monoisotopic (exact) mass is 631 g/mol. The zero-order chi connectivity index (χ0) is 32.4. The summed E-state index contributed by atoms with van der Waals surface area (Å²) in [6.45, 7) is 0. The van der Waals surface area contributed by atoms with E-state index in [2.05, 4.69) is 91.0 Å². The Morgan fingerprint density at radius 3 is 1.96 bits per heavy atom. The van der Waals surface area contributed by atoms with Crippen LogP contribution in [-0.2, 0) is 5.41 Å². The summed E-state index contributed by atoms with van der Waals surface area (Å²) in [6.07, 6.45) is 6.32. The zero-order valence-electron chi connectivity index (χ0n) is 27.1. The minimum atomic E-state index is 0.115. The van der Waals surface area contributed by atoms with Gasteiger partial charge in [-0.1, -0.05) is 135 Å². The van der Waals surface area contributed by atoms with Gasteiger partial charge in [-0.2, -0.15) is 0 Å². The molecule has 2 aliphatic carbocycles. The fourth-order valence-corrected chi connectivity index (χ4v) is 8.47. The van der Waals surface area contributed by atoms with Crippen LogP contribution >= 0.6 is 0 Å². The minimum absolute atomic E-state index is 0.115. The van der Waals surface area contributed by atoms with E-state index in [9.17, 15) is 0 Å². The van der Waals surface area contributed by atoms with Crippen molar-refractivity contribution < 1.29 is 4.42 Å². The van der Waals surface area contributed by atoms with Gasteiger partial charge in [0.25, 0.3) is 0 Å². The molecule has 1 saturated carbocycles. The highest BCUT2D eigenvalue weighted by Crippen LogP contribution is 2.56. The summed E-state index contributed by atoms with van der Waals surface area (Å²) >= 11 is 0. The molecule has 0 saturated heterocycles. The molecule has 0 radical (unpaired) electrons. The van der Waals surface area contributed by atoms with Gasteiger partial charge in [0, 0.05) is 32.9 Å². The van der Waals surface area contributed by atoms with E-state index in [-0.39, 0.29) is 5.41 Å². The van der Waals surface area contributed by atoms with Crippen molar-refractivity contribution in [1.82, 2.24) is 15.0 Å². The molecule has 0 bridgehead atoms. The van der Waals surface area contributed by atoms with E-state index >= 15 is 0 Å². The average molecular weight is 632 g/mol. The highest BCUT2D eigenvalue weighted by atomic mass is 16.3. The van der Waals surface area contributed by atoms with Crippen LogP contribution in [0.2, 0.25) is 0 Å². The summed E-state index contributed by atoms with van der Waals surface area (Å²) in [7, 11) is 0. The second-order valence-electron chi connectivity index (χ2n) is 13.5. The normalized spacial score (nSPS) is 14.7. The highest BCUT2D eigenvalue weighted by Gasteiger charge is 2.43. The Morgan fingerprint density at radius 1 is 0.429 bits per heavy atom. The number of hydrogen-bond donors (Lipinski definition) is 0. The van der Waals surface area contributed by atoms with Crippen LogP contribution in [0.3, 0.4) is 0 Å². The van der Waals surface area contributed by atoms with Gasteiger partial charge < -0.3 is 4.42 Å². The molecule has 4 heteroatoms. The first-order valence-corrected chi connectivity index (χ1v) is 17.3. The fraction of sp³-hybridized carbons (Fsp3) is 0.133. The van der Waals surface area contributed by atoms with Crippen molar-refractivity contribution in [2.75, 3.05) is 0 Å². The van der Waals surface area contributed by atoms with Crippen LogP contribution in [0.25, 0.3) is 78.4 Å². The third-order valence-corrected chi connectivity index (χ3v) is 10.7. The molecule has 49 heavy (non-hydrogen) atoms. The number of fused-ring (bicyclic) bond motifs is 8. The van der Waals surface area contributed by atoms with E-state index in [1.165, 1.54) is 59.9 Å². The summed E-state index contributed by atoms with van der Waals surface area (Å²) in [4.78, 5) is 15.3. The van der Waals surface area contributed by atoms with Crippen LogP contribution in [0.4, 0.5) is 0 Å². The van der Waals surface area contributed by atoms with Gasteiger partial charge in [0.2, 0.25) is 0 Å². The molecule has 10 rings (SSSR count). The van der Waals surface area contributed by atoms with Crippen molar-refractivity contribution in [2.45, 2.75) is 37.5 Å². The third-order valence-electron chi connectivity index (χ3n) is 10.7. The first-order chi connectivity index (χ1) is 24.2. The van der Waals surface area contributed by atoms with E-state index in [0.717, 1.165) is 44.2 Å². The van der Waals surface area contributed by atoms with E-state index in [0.29, 0.717) is 17.5 Å². The van der Waals surface area contributed by atoms with Gasteiger partial charge in [-0.25, -0.2) is 15.0 Å². The molecule has 0 atom stereocenters. The largest absolute Gasteiger partial charge is 0.456 e. The molecule has 2 aliphatic rings. The Labute approximate surface area is 285 Å². The lowest BCUT2D eigenvalue weighted by Gasteiger charge is -2.36. The van der Waals surface area contributed by atoms with Crippen LogP contribution in [0.15, 0.2) is 144 Å². The van der Waals surface area contributed by atoms with Gasteiger partial charge in [0.05, 0.1) is 0 Å². The molecule has 1 fully saturated rings. The van der Waals surface area contributed by atoms with Crippen LogP contribution in [0, 0.1) is 0 Å². The topological polar surface area (TPSA) is 51.8 Å². The number of hydrogen-bond acceptors (Lipinski definition) is 4. The summed E-state index contributed by atoms with van der Waals surface area (Å²) in [5.41, 5.74) is 12.8. The van der Waals surface area contributed by atoms with Crippen molar-refractivity contribution in [3.8, 4) is 56.4 Å². The predicted octanol–water partition coefficient (Wildman–Crippen LogP) is 11.7. The molecular formula is C45H33N3O. The summed E-state index contributed by atoms with van der Waals surface area (Å²) < 4.78 is 6.23. The molecule has 2 aromatic heterocycles. The Kier molecular flexibility index (Phi) is 6.38. The molecule has 2 heterocycles. The van der Waals surface area contributed by atoms with Gasteiger partial charge >= 0.3 is 0 Å². The number of furan rings is 1. The summed E-state index contributed by atoms with van der Waals surface area (Å²) in [5, 5.41) is 2.06. The number of benzene rings is 6. The second-order valence-corrected chi connectivity index (χ2v) is 13.5. The first kappa shape index (κ1) is 28.2. The van der Waals surface area contributed by atoms with Crippen LogP contribution < -0.4 is 0 Å². The maximum atomic E-state index is 6.23. The standard InChI is InChI=1S/C45H33N3O/c1-3-13-29(14-4-1)42-46-43(48-44(47-42)36-19-12-22-40-41(36)35-18-6-8-21-39(35)49-40)32-16-11-15-30(27-32)31-23-24-34-33-17-5-7-20-37(33)45(38(34)28-31)25-9-2-10-26-45/h1,3-8,11-24,27-28H,2,9-10,25-26H2. The number of para-hydroxylation sites is 1. The molecule has 6 aromatic carbocycles. The lowest BCUT2D eigenvalue weighted by atomic mass is 9.67. The molecule has 8 aromatic rings. The third kappa shape index (κ3) is 4.48. The molecule has 1 spiro atoms. The molecule has 0 unspecified atom stereocenters. The van der Waals surface area contributed by atoms with Gasteiger partial charge in [0.15, 0.2) is 17.5 Å². The van der Waals surface area contributed by atoms with Crippen molar-refractivity contribution in [2.24, 2.45) is 0 Å². The Balaban J connectivity index is 1.12.